The van der Waals surface area contributed by atoms with Gasteiger partial charge in [0.1, 0.15) is 5.60 Å². The Morgan fingerprint density at radius 2 is 1.77 bits per heavy atom. The van der Waals surface area contributed by atoms with E-state index in [1.807, 2.05) is 39.2 Å². The largest absolute Gasteiger partial charge is 1.00 e. The van der Waals surface area contributed by atoms with Crippen molar-refractivity contribution in [3.63, 3.8) is 0 Å². The molecule has 0 aromatic heterocycles. The number of carbonyl (C=O) groups is 1. The number of carbonyl (C=O) groups excluding carboxylic acids is 2. The Bertz CT molecular complexity index is 525. The molecule has 1 aromatic rings. The number of hydrogen-bond acceptors (Lipinski definition) is 4. The van der Waals surface area contributed by atoms with Gasteiger partial charge in [0, 0.05) is 13.1 Å². The van der Waals surface area contributed by atoms with Crippen LogP contribution in [0.25, 0.3) is 0 Å². The first-order chi connectivity index (χ1) is 9.39. The maximum absolute atomic E-state index is 12.1. The van der Waals surface area contributed by atoms with E-state index in [2.05, 4.69) is 0 Å². The summed E-state index contributed by atoms with van der Waals surface area (Å²) in [6, 6.07) is 5.59. The van der Waals surface area contributed by atoms with Crippen molar-refractivity contribution >= 4 is 12.4 Å². The van der Waals surface area contributed by atoms with Crippen LogP contribution in [-0.2, 0) is 22.4 Å². The molecule has 116 valence electrons. The third kappa shape index (κ3) is 6.20. The van der Waals surface area contributed by atoms with E-state index in [9.17, 15) is 9.59 Å². The minimum absolute atomic E-state index is 0. The second kappa shape index (κ2) is 9.28. The Kier molecular flexibility index (Phi) is 9.25. The van der Waals surface area contributed by atoms with Crippen LogP contribution in [0.5, 0.6) is 0 Å². The minimum Gasteiger partial charge on any atom is -0.870 e. The summed E-state index contributed by atoms with van der Waals surface area (Å²) in [4.78, 5) is 24.5. The van der Waals surface area contributed by atoms with Crippen molar-refractivity contribution in [2.24, 2.45) is 0 Å². The molecule has 0 aliphatic carbocycles. The normalized spacial score (nSPS) is 13.9. The average molecular weight is 377 g/mol. The van der Waals surface area contributed by atoms with Crippen molar-refractivity contribution in [3.05, 3.63) is 34.9 Å². The SMILES string of the molecule is CC(C)(C)OC(=O)N1CCc2ccc([C-]=O)cc2CC1.[OH-].[Rb+]. The van der Waals surface area contributed by atoms with Crippen molar-refractivity contribution in [2.45, 2.75) is 39.2 Å². The predicted molar refractivity (Wildman–Crippen MR) is 78.4 cm³/mol. The van der Waals surface area contributed by atoms with Gasteiger partial charge in [0.05, 0.1) is 6.29 Å². The quantitative estimate of drug-likeness (QED) is 0.608. The van der Waals surface area contributed by atoms with Crippen LogP contribution in [0.1, 0.15) is 37.5 Å². The van der Waals surface area contributed by atoms with E-state index in [-0.39, 0.29) is 69.8 Å². The van der Waals surface area contributed by atoms with Gasteiger partial charge in [-0.1, -0.05) is 11.1 Å². The Morgan fingerprint density at radius 1 is 1.18 bits per heavy atom. The molecule has 1 N–H and O–H groups in total. The number of benzene rings is 1. The smallest absolute Gasteiger partial charge is 0.870 e. The van der Waals surface area contributed by atoms with Crippen LogP contribution in [-0.4, -0.2) is 41.4 Å². The fourth-order valence-corrected chi connectivity index (χ4v) is 2.30. The Morgan fingerprint density at radius 3 is 2.32 bits per heavy atom. The fraction of sp³-hybridized carbons (Fsp3) is 0.500. The molecule has 0 atom stereocenters. The van der Waals surface area contributed by atoms with Crippen LogP contribution in [0, 0.1) is 0 Å². The van der Waals surface area contributed by atoms with E-state index in [1.54, 1.807) is 11.0 Å². The third-order valence-electron chi connectivity index (χ3n) is 3.28. The standard InChI is InChI=1S/C16H20NO3.H2O.Rb/c1-16(2,3)20-15(19)17-8-6-13-5-4-12(11-18)10-14(13)7-9-17;;/h4-5,10H,6-9H2,1-3H3;1H2;/q-1;;+1/p-1. The van der Waals surface area contributed by atoms with Crippen molar-refractivity contribution in [2.75, 3.05) is 13.1 Å². The van der Waals surface area contributed by atoms with Gasteiger partial charge >= 0.3 is 64.3 Å². The summed E-state index contributed by atoms with van der Waals surface area (Å²) in [5.41, 5.74) is 2.40. The van der Waals surface area contributed by atoms with Gasteiger partial charge in [-0.2, -0.15) is 17.7 Å². The van der Waals surface area contributed by atoms with Gasteiger partial charge in [0.2, 0.25) is 0 Å². The molecule has 0 bridgehead atoms. The average Bonchev–Trinajstić information content (AvgIpc) is 2.58. The maximum atomic E-state index is 12.1. The second-order valence-electron chi connectivity index (χ2n) is 6.05. The minimum atomic E-state index is -0.476. The zero-order valence-corrected chi connectivity index (χ0v) is 18.6. The van der Waals surface area contributed by atoms with Gasteiger partial charge in [-0.3, -0.25) is 0 Å². The van der Waals surface area contributed by atoms with Crippen LogP contribution < -0.4 is 58.2 Å². The molecular weight excluding hydrogens is 356 g/mol. The van der Waals surface area contributed by atoms with Crippen LogP contribution >= 0.6 is 0 Å². The van der Waals surface area contributed by atoms with E-state index in [0.29, 0.717) is 18.7 Å². The van der Waals surface area contributed by atoms with Gasteiger partial charge in [0.15, 0.2) is 0 Å². The summed E-state index contributed by atoms with van der Waals surface area (Å²) < 4.78 is 5.40. The van der Waals surface area contributed by atoms with E-state index in [0.717, 1.165) is 18.4 Å². The van der Waals surface area contributed by atoms with E-state index in [4.69, 9.17) is 4.74 Å². The number of fused-ring (bicyclic) bond motifs is 1. The Hall–Kier alpha value is -0.0748. The molecule has 5 nitrogen and oxygen atoms in total. The molecule has 1 aromatic carbocycles. The molecule has 0 spiro atoms. The van der Waals surface area contributed by atoms with E-state index >= 15 is 0 Å². The van der Waals surface area contributed by atoms with Crippen molar-refractivity contribution in [3.8, 4) is 0 Å². The predicted octanol–water partition coefficient (Wildman–Crippen LogP) is -0.693. The first-order valence-electron chi connectivity index (χ1n) is 6.87. The van der Waals surface area contributed by atoms with Crippen molar-refractivity contribution in [1.29, 1.82) is 0 Å². The molecule has 1 amide bonds. The van der Waals surface area contributed by atoms with Crippen molar-refractivity contribution in [1.82, 2.24) is 4.90 Å². The molecule has 0 saturated heterocycles. The Balaban J connectivity index is 0.00000220. The van der Waals surface area contributed by atoms with Crippen LogP contribution in [0.3, 0.4) is 0 Å². The summed E-state index contributed by atoms with van der Waals surface area (Å²) in [6.45, 7) is 6.85. The molecule has 6 heteroatoms. The van der Waals surface area contributed by atoms with Gasteiger partial charge in [-0.25, -0.2) is 4.79 Å². The number of ether oxygens (including phenoxy) is 1. The Labute approximate surface area is 180 Å². The first kappa shape index (κ1) is 21.9. The van der Waals surface area contributed by atoms with Crippen molar-refractivity contribution < 1.29 is 78.0 Å². The van der Waals surface area contributed by atoms with Gasteiger partial charge in [-0.05, 0) is 33.6 Å². The summed E-state index contributed by atoms with van der Waals surface area (Å²) >= 11 is 0. The third-order valence-corrected chi connectivity index (χ3v) is 3.28. The van der Waals surface area contributed by atoms with Gasteiger partial charge in [-0.15, -0.1) is 6.07 Å². The molecule has 0 fully saturated rings. The van der Waals surface area contributed by atoms with Crippen LogP contribution in [0.4, 0.5) is 4.79 Å². The molecule has 0 unspecified atom stereocenters. The molecule has 1 aliphatic rings. The second-order valence-corrected chi connectivity index (χ2v) is 6.05. The zero-order chi connectivity index (χ0) is 14.8. The summed E-state index contributed by atoms with van der Waals surface area (Å²) in [7, 11) is 0. The summed E-state index contributed by atoms with van der Waals surface area (Å²) in [5, 5.41) is 0. The number of nitrogens with zero attached hydrogens (tertiary/aromatic N) is 1. The number of hydrogen-bond donors (Lipinski definition) is 0. The summed E-state index contributed by atoms with van der Waals surface area (Å²) in [5.74, 6) is 0. The van der Waals surface area contributed by atoms with Crippen LogP contribution in [0.2, 0.25) is 0 Å². The van der Waals surface area contributed by atoms with Gasteiger partial charge < -0.3 is 19.9 Å². The van der Waals surface area contributed by atoms with Gasteiger partial charge in [0.25, 0.3) is 0 Å². The van der Waals surface area contributed by atoms with Crippen LogP contribution in [0.15, 0.2) is 18.2 Å². The molecule has 2 rings (SSSR count). The first-order valence-corrected chi connectivity index (χ1v) is 6.87. The maximum Gasteiger partial charge on any atom is 1.00 e. The molecule has 0 saturated carbocycles. The molecule has 22 heavy (non-hydrogen) atoms. The number of rotatable bonds is 1. The monoisotopic (exact) mass is 376 g/mol. The van der Waals surface area contributed by atoms with E-state index < -0.39 is 5.60 Å². The topological polar surface area (TPSA) is 76.6 Å². The fourth-order valence-electron chi connectivity index (χ4n) is 2.30. The summed E-state index contributed by atoms with van der Waals surface area (Å²) in [6.07, 6.45) is 3.16. The number of amides is 1. The molecule has 1 aliphatic heterocycles. The molecule has 1 heterocycles. The molecular formula is C16H21NO4Rb-. The molecule has 0 radical (unpaired) electrons. The zero-order valence-electron chi connectivity index (χ0n) is 13.7. The van der Waals surface area contributed by atoms with E-state index in [1.165, 1.54) is 5.56 Å².